The number of hydrogen-bond acceptors (Lipinski definition) is 10. The highest BCUT2D eigenvalue weighted by molar-refractivity contribution is 5.98. The van der Waals surface area contributed by atoms with Crippen molar-refractivity contribution < 1.29 is 56.0 Å². The lowest BCUT2D eigenvalue weighted by atomic mass is 9.86. The number of halogens is 3. The number of esters is 2. The zero-order chi connectivity index (χ0) is 32.7. The second-order valence-corrected chi connectivity index (χ2v) is 11.0. The Kier molecular flexibility index (Phi) is 15.7. The largest absolute Gasteiger partial charge is 0.493 e. The van der Waals surface area contributed by atoms with E-state index in [1.54, 1.807) is 13.8 Å². The Morgan fingerprint density at radius 3 is 2.64 bits per heavy atom. The number of pyridine rings is 1. The number of amides is 1. The van der Waals surface area contributed by atoms with Gasteiger partial charge in [-0.25, -0.2) is 14.6 Å². The van der Waals surface area contributed by atoms with Crippen LogP contribution in [-0.2, 0) is 28.5 Å². The van der Waals surface area contributed by atoms with Crippen molar-refractivity contribution >= 4 is 17.8 Å². The third kappa shape index (κ3) is 12.8. The standard InChI is InChI=1S/C30H45F3N2O9/c1-6-40-17-24(36)42-18-43-27-23(39-5)13-15-34-25(27)28(37)35-22-10-7-9-21(12-11-19(2)3)26(20(4)44-29(22)38)41-16-8-14-30(31,32)33/h13,15,19-22,26H,6-12,14,16-18H2,1-5H3,(H,35,37)/t20-,21+,22-,26-/m0/s1. The van der Waals surface area contributed by atoms with Gasteiger partial charge in [-0.15, -0.1) is 0 Å². The SMILES string of the molecule is CCOCC(=O)OCOc1c(OC)ccnc1C(=O)N[C@H]1CCC[C@H](CCC(C)C)[C@@H](OCCCC(F)(F)F)[C@H](C)OC1=O. The van der Waals surface area contributed by atoms with Crippen LogP contribution in [0.5, 0.6) is 11.5 Å². The molecule has 1 aromatic rings. The van der Waals surface area contributed by atoms with Gasteiger partial charge in [0.05, 0.1) is 13.2 Å². The summed E-state index contributed by atoms with van der Waals surface area (Å²) >= 11 is 0. The first-order valence-corrected chi connectivity index (χ1v) is 14.9. The van der Waals surface area contributed by atoms with Crippen LogP contribution >= 0.6 is 0 Å². The minimum Gasteiger partial charge on any atom is -0.493 e. The molecule has 0 bridgehead atoms. The molecule has 11 nitrogen and oxygen atoms in total. The first-order valence-electron chi connectivity index (χ1n) is 14.9. The minimum atomic E-state index is -4.28. The Morgan fingerprint density at radius 1 is 1.23 bits per heavy atom. The molecular weight excluding hydrogens is 589 g/mol. The van der Waals surface area contributed by atoms with Crippen LogP contribution in [0.1, 0.15) is 83.1 Å². The van der Waals surface area contributed by atoms with Crippen LogP contribution in [-0.4, -0.2) is 81.0 Å². The Balaban J connectivity index is 2.16. The number of nitrogens with zero attached hydrogens (tertiary/aromatic N) is 1. The fourth-order valence-corrected chi connectivity index (χ4v) is 4.83. The summed E-state index contributed by atoms with van der Waals surface area (Å²) in [7, 11) is 1.36. The van der Waals surface area contributed by atoms with Crippen LogP contribution in [0, 0.1) is 11.8 Å². The zero-order valence-corrected chi connectivity index (χ0v) is 26.1. The molecule has 250 valence electrons. The molecule has 44 heavy (non-hydrogen) atoms. The molecular formula is C30H45F3N2O9. The molecule has 0 unspecified atom stereocenters. The Hall–Kier alpha value is -3.13. The predicted molar refractivity (Wildman–Crippen MR) is 152 cm³/mol. The molecule has 1 aromatic heterocycles. The van der Waals surface area contributed by atoms with Crippen molar-refractivity contribution in [3.05, 3.63) is 18.0 Å². The molecule has 1 fully saturated rings. The molecule has 2 heterocycles. The van der Waals surface area contributed by atoms with Crippen molar-refractivity contribution in [3.8, 4) is 11.5 Å². The average molecular weight is 635 g/mol. The Labute approximate surface area is 256 Å². The van der Waals surface area contributed by atoms with Gasteiger partial charge in [0.15, 0.2) is 17.2 Å². The molecule has 1 amide bonds. The van der Waals surface area contributed by atoms with Crippen LogP contribution < -0.4 is 14.8 Å². The number of ether oxygens (including phenoxy) is 6. The van der Waals surface area contributed by atoms with E-state index in [9.17, 15) is 27.6 Å². The molecule has 0 radical (unpaired) electrons. The number of methoxy groups -OCH3 is 1. The van der Waals surface area contributed by atoms with Gasteiger partial charge in [-0.1, -0.05) is 26.7 Å². The summed E-state index contributed by atoms with van der Waals surface area (Å²) in [5.41, 5.74) is -0.202. The van der Waals surface area contributed by atoms with Crippen LogP contribution in [0.3, 0.4) is 0 Å². The second kappa shape index (κ2) is 18.6. The van der Waals surface area contributed by atoms with Crippen molar-refractivity contribution in [1.82, 2.24) is 10.3 Å². The van der Waals surface area contributed by atoms with Crippen LogP contribution in [0.15, 0.2) is 12.3 Å². The predicted octanol–water partition coefficient (Wildman–Crippen LogP) is 5.00. The highest BCUT2D eigenvalue weighted by Gasteiger charge is 2.36. The third-order valence-corrected chi connectivity index (χ3v) is 7.07. The number of nitrogens with one attached hydrogen (secondary N) is 1. The second-order valence-electron chi connectivity index (χ2n) is 11.0. The molecule has 0 saturated carbocycles. The number of hydrogen-bond donors (Lipinski definition) is 1. The normalized spacial score (nSPS) is 21.1. The van der Waals surface area contributed by atoms with E-state index < -0.39 is 55.5 Å². The molecule has 1 N–H and O–H groups in total. The minimum absolute atomic E-state index is 0.0500. The first kappa shape index (κ1) is 37.1. The molecule has 14 heteroatoms. The van der Waals surface area contributed by atoms with Gasteiger partial charge in [-0.3, -0.25) is 4.79 Å². The summed E-state index contributed by atoms with van der Waals surface area (Å²) in [6.45, 7) is 6.95. The maximum atomic E-state index is 13.4. The van der Waals surface area contributed by atoms with Crippen molar-refractivity contribution in [2.24, 2.45) is 11.8 Å². The third-order valence-electron chi connectivity index (χ3n) is 7.07. The highest BCUT2D eigenvalue weighted by Crippen LogP contribution is 2.32. The fraction of sp³-hybridized carbons (Fsp3) is 0.733. The molecule has 0 aromatic carbocycles. The number of aromatic nitrogens is 1. The van der Waals surface area contributed by atoms with Crippen molar-refractivity contribution in [3.63, 3.8) is 0 Å². The van der Waals surface area contributed by atoms with E-state index in [0.29, 0.717) is 25.4 Å². The number of carbonyl (C=O) groups excluding carboxylic acids is 3. The fourth-order valence-electron chi connectivity index (χ4n) is 4.83. The molecule has 4 atom stereocenters. The summed E-state index contributed by atoms with van der Waals surface area (Å²) in [4.78, 5) is 42.4. The van der Waals surface area contributed by atoms with Crippen LogP contribution in [0.4, 0.5) is 13.2 Å². The molecule has 1 saturated heterocycles. The summed E-state index contributed by atoms with van der Waals surface area (Å²) in [6.07, 6.45) is -2.42. The molecule has 0 aliphatic carbocycles. The summed E-state index contributed by atoms with van der Waals surface area (Å²) in [5.74, 6) is -1.71. The lowest BCUT2D eigenvalue weighted by Crippen LogP contribution is -2.44. The van der Waals surface area contributed by atoms with E-state index in [-0.39, 0.29) is 49.2 Å². The molecule has 1 aliphatic heterocycles. The van der Waals surface area contributed by atoms with Gasteiger partial charge in [0, 0.05) is 31.9 Å². The number of alkyl halides is 3. The number of cyclic esters (lactones) is 1. The average Bonchev–Trinajstić information content (AvgIpc) is 3.01. The quantitative estimate of drug-likeness (QED) is 0.151. The van der Waals surface area contributed by atoms with E-state index in [1.165, 1.54) is 19.4 Å². The lowest BCUT2D eigenvalue weighted by Gasteiger charge is -2.31. The highest BCUT2D eigenvalue weighted by atomic mass is 19.4. The van der Waals surface area contributed by atoms with Gasteiger partial charge in [0.2, 0.25) is 6.79 Å². The number of rotatable bonds is 16. The van der Waals surface area contributed by atoms with Gasteiger partial charge in [-0.2, -0.15) is 13.2 Å². The zero-order valence-electron chi connectivity index (χ0n) is 26.1. The van der Waals surface area contributed by atoms with Gasteiger partial charge in [-0.05, 0) is 51.4 Å². The first-order chi connectivity index (χ1) is 20.9. The summed E-state index contributed by atoms with van der Waals surface area (Å²) < 4.78 is 70.4. The Morgan fingerprint density at radius 2 is 1.98 bits per heavy atom. The van der Waals surface area contributed by atoms with Crippen LogP contribution in [0.25, 0.3) is 0 Å². The van der Waals surface area contributed by atoms with Crippen molar-refractivity contribution in [2.45, 2.75) is 97.1 Å². The van der Waals surface area contributed by atoms with Gasteiger partial charge >= 0.3 is 18.1 Å². The molecule has 0 spiro atoms. The molecule has 1 aliphatic rings. The molecule has 2 rings (SSSR count). The van der Waals surface area contributed by atoms with E-state index in [2.05, 4.69) is 24.1 Å². The topological polar surface area (TPSA) is 132 Å². The smallest absolute Gasteiger partial charge is 0.389 e. The maximum absolute atomic E-state index is 13.4. The van der Waals surface area contributed by atoms with Gasteiger partial charge in [0.1, 0.15) is 18.8 Å². The van der Waals surface area contributed by atoms with E-state index in [0.717, 1.165) is 12.8 Å². The van der Waals surface area contributed by atoms with Gasteiger partial charge in [0.25, 0.3) is 5.91 Å². The van der Waals surface area contributed by atoms with E-state index >= 15 is 0 Å². The number of carbonyl (C=O) groups is 3. The Bertz CT molecular complexity index is 1060. The maximum Gasteiger partial charge on any atom is 0.389 e. The van der Waals surface area contributed by atoms with Gasteiger partial charge < -0.3 is 33.7 Å². The monoisotopic (exact) mass is 634 g/mol. The summed E-state index contributed by atoms with van der Waals surface area (Å²) in [5, 5.41) is 2.66. The van der Waals surface area contributed by atoms with Crippen molar-refractivity contribution in [1.29, 1.82) is 0 Å². The van der Waals surface area contributed by atoms with E-state index in [4.69, 9.17) is 28.4 Å². The lowest BCUT2D eigenvalue weighted by molar-refractivity contribution is -0.163. The summed E-state index contributed by atoms with van der Waals surface area (Å²) in [6, 6.07) is 0.417. The van der Waals surface area contributed by atoms with E-state index in [1.807, 2.05) is 0 Å². The van der Waals surface area contributed by atoms with Crippen LogP contribution in [0.2, 0.25) is 0 Å². The van der Waals surface area contributed by atoms with Crippen molar-refractivity contribution in [2.75, 3.05) is 33.7 Å².